The Morgan fingerprint density at radius 3 is 2.52 bits per heavy atom. The molecule has 0 saturated heterocycles. The summed E-state index contributed by atoms with van der Waals surface area (Å²) in [7, 11) is 0. The average Bonchev–Trinajstić information content (AvgIpc) is 3.03. The average molecular weight is 439 g/mol. The minimum Gasteiger partial charge on any atom is -0.301 e. The van der Waals surface area contributed by atoms with Crippen LogP contribution in [0.2, 0.25) is 10.0 Å². The molecule has 0 radical (unpaired) electrons. The molecule has 0 fully saturated rings. The van der Waals surface area contributed by atoms with Crippen LogP contribution >= 0.6 is 46.3 Å². The van der Waals surface area contributed by atoms with Gasteiger partial charge in [-0.1, -0.05) is 41.0 Å². The number of nitrogens with zero attached hydrogens (tertiary/aromatic N) is 3. The molecule has 0 spiro atoms. The summed E-state index contributed by atoms with van der Waals surface area (Å²) in [6, 6.07) is 7.31. The van der Waals surface area contributed by atoms with Gasteiger partial charge in [-0.15, -0.1) is 11.3 Å². The predicted octanol–water partition coefficient (Wildman–Crippen LogP) is 5.18. The molecule has 5 nitrogen and oxygen atoms in total. The maximum Gasteiger partial charge on any atom is 0.236 e. The van der Waals surface area contributed by atoms with E-state index in [-0.39, 0.29) is 11.7 Å². The van der Waals surface area contributed by atoms with Gasteiger partial charge in [0.1, 0.15) is 0 Å². The molecule has 2 aromatic heterocycles. The first-order chi connectivity index (χ1) is 12.9. The van der Waals surface area contributed by atoms with Crippen LogP contribution in [0.1, 0.15) is 21.8 Å². The topological polar surface area (TPSA) is 67.8 Å². The largest absolute Gasteiger partial charge is 0.301 e. The number of halogens is 2. The zero-order valence-electron chi connectivity index (χ0n) is 14.6. The minimum atomic E-state index is -0.153. The Labute approximate surface area is 175 Å². The fourth-order valence-electron chi connectivity index (χ4n) is 2.37. The summed E-state index contributed by atoms with van der Waals surface area (Å²) in [5.41, 5.74) is 2.62. The van der Waals surface area contributed by atoms with E-state index in [1.54, 1.807) is 18.3 Å². The third-order valence-electron chi connectivity index (χ3n) is 3.51. The second kappa shape index (κ2) is 9.01. The Morgan fingerprint density at radius 2 is 1.85 bits per heavy atom. The van der Waals surface area contributed by atoms with Crippen molar-refractivity contribution in [3.8, 4) is 0 Å². The Kier molecular flexibility index (Phi) is 6.70. The van der Waals surface area contributed by atoms with Crippen molar-refractivity contribution in [1.29, 1.82) is 0 Å². The SMILES string of the molecule is Cc1cc(C)nc(SCC(=O)Nc2ncc(Cc3c(Cl)cccc3Cl)s2)n1. The van der Waals surface area contributed by atoms with E-state index < -0.39 is 0 Å². The summed E-state index contributed by atoms with van der Waals surface area (Å²) in [5, 5.41) is 5.17. The summed E-state index contributed by atoms with van der Waals surface area (Å²) < 4.78 is 0. The van der Waals surface area contributed by atoms with Crippen LogP contribution in [0.4, 0.5) is 5.13 Å². The van der Waals surface area contributed by atoms with Gasteiger partial charge < -0.3 is 5.32 Å². The van der Waals surface area contributed by atoms with E-state index in [0.717, 1.165) is 21.8 Å². The van der Waals surface area contributed by atoms with Crippen LogP contribution in [0.15, 0.2) is 35.6 Å². The number of hydrogen-bond donors (Lipinski definition) is 1. The maximum atomic E-state index is 12.2. The van der Waals surface area contributed by atoms with Gasteiger partial charge in [0.25, 0.3) is 0 Å². The lowest BCUT2D eigenvalue weighted by Crippen LogP contribution is -2.14. The lowest BCUT2D eigenvalue weighted by Gasteiger charge is -2.04. The van der Waals surface area contributed by atoms with Crippen LogP contribution in [-0.2, 0) is 11.2 Å². The molecule has 3 rings (SSSR count). The van der Waals surface area contributed by atoms with Crippen molar-refractivity contribution in [2.45, 2.75) is 25.4 Å². The molecule has 0 atom stereocenters. The number of hydrogen-bond acceptors (Lipinski definition) is 6. The molecule has 0 unspecified atom stereocenters. The highest BCUT2D eigenvalue weighted by Crippen LogP contribution is 2.29. The van der Waals surface area contributed by atoms with E-state index in [1.165, 1.54) is 23.1 Å². The fraction of sp³-hybridized carbons (Fsp3) is 0.222. The highest BCUT2D eigenvalue weighted by atomic mass is 35.5. The van der Waals surface area contributed by atoms with Crippen LogP contribution in [0, 0.1) is 13.8 Å². The molecule has 1 N–H and O–H groups in total. The first-order valence-corrected chi connectivity index (χ1v) is 10.6. The van der Waals surface area contributed by atoms with Crippen LogP contribution in [-0.4, -0.2) is 26.6 Å². The molecule has 140 valence electrons. The Bertz CT molecular complexity index is 937. The number of nitrogens with one attached hydrogen (secondary N) is 1. The molecule has 9 heteroatoms. The van der Waals surface area contributed by atoms with Crippen molar-refractivity contribution >= 4 is 57.3 Å². The van der Waals surface area contributed by atoms with Crippen molar-refractivity contribution in [3.05, 3.63) is 62.3 Å². The second-order valence-corrected chi connectivity index (χ2v) is 8.65. The van der Waals surface area contributed by atoms with Gasteiger partial charge in [0, 0.05) is 38.9 Å². The second-order valence-electron chi connectivity index (χ2n) is 5.78. The van der Waals surface area contributed by atoms with Gasteiger partial charge in [0.05, 0.1) is 5.75 Å². The first kappa shape index (κ1) is 20.1. The van der Waals surface area contributed by atoms with Gasteiger partial charge in [-0.2, -0.15) is 0 Å². The number of rotatable bonds is 6. The van der Waals surface area contributed by atoms with E-state index in [2.05, 4.69) is 20.3 Å². The molecule has 0 aliphatic carbocycles. The highest BCUT2D eigenvalue weighted by molar-refractivity contribution is 7.99. The van der Waals surface area contributed by atoms with Crippen LogP contribution in [0.5, 0.6) is 0 Å². The highest BCUT2D eigenvalue weighted by Gasteiger charge is 2.12. The van der Waals surface area contributed by atoms with Crippen molar-refractivity contribution in [2.24, 2.45) is 0 Å². The van der Waals surface area contributed by atoms with E-state index in [9.17, 15) is 4.79 Å². The Morgan fingerprint density at radius 1 is 1.19 bits per heavy atom. The molecule has 0 saturated carbocycles. The Balaban J connectivity index is 1.58. The molecule has 27 heavy (non-hydrogen) atoms. The van der Waals surface area contributed by atoms with Crippen LogP contribution in [0.25, 0.3) is 0 Å². The molecule has 0 bridgehead atoms. The third-order valence-corrected chi connectivity index (χ3v) is 5.98. The number of aryl methyl sites for hydroxylation is 2. The fourth-order valence-corrected chi connectivity index (χ4v) is 4.49. The zero-order valence-corrected chi connectivity index (χ0v) is 17.8. The normalized spacial score (nSPS) is 10.8. The number of thioether (sulfide) groups is 1. The lowest BCUT2D eigenvalue weighted by molar-refractivity contribution is -0.113. The molecule has 1 aromatic carbocycles. The standard InChI is InChI=1S/C18H16Cl2N4OS2/c1-10-6-11(2)23-18(22-10)26-9-16(25)24-17-21-8-12(27-17)7-13-14(19)4-3-5-15(13)20/h3-6,8H,7,9H2,1-2H3,(H,21,24,25). The van der Waals surface area contributed by atoms with E-state index in [0.29, 0.717) is 26.8 Å². The van der Waals surface area contributed by atoms with E-state index in [1.807, 2.05) is 26.0 Å². The molecule has 0 aliphatic heterocycles. The molecule has 1 amide bonds. The maximum absolute atomic E-state index is 12.2. The van der Waals surface area contributed by atoms with Gasteiger partial charge in [0.2, 0.25) is 5.91 Å². The summed E-state index contributed by atoms with van der Waals surface area (Å²) in [6.07, 6.45) is 2.29. The monoisotopic (exact) mass is 438 g/mol. The predicted molar refractivity (Wildman–Crippen MR) is 112 cm³/mol. The van der Waals surface area contributed by atoms with Crippen molar-refractivity contribution in [1.82, 2.24) is 15.0 Å². The number of amides is 1. The molecular weight excluding hydrogens is 423 g/mol. The molecule has 2 heterocycles. The van der Waals surface area contributed by atoms with Crippen LogP contribution < -0.4 is 5.32 Å². The number of carbonyl (C=O) groups is 1. The van der Waals surface area contributed by atoms with Crippen molar-refractivity contribution < 1.29 is 4.79 Å². The van der Waals surface area contributed by atoms with Crippen molar-refractivity contribution in [3.63, 3.8) is 0 Å². The minimum absolute atomic E-state index is 0.153. The summed E-state index contributed by atoms with van der Waals surface area (Å²) in [5.74, 6) is 0.0631. The quantitative estimate of drug-likeness (QED) is 0.424. The lowest BCUT2D eigenvalue weighted by atomic mass is 10.1. The third kappa shape index (κ3) is 5.65. The van der Waals surface area contributed by atoms with Gasteiger partial charge in [0.15, 0.2) is 10.3 Å². The summed E-state index contributed by atoms with van der Waals surface area (Å²) in [6.45, 7) is 3.81. The van der Waals surface area contributed by atoms with Gasteiger partial charge in [-0.25, -0.2) is 15.0 Å². The number of carbonyl (C=O) groups excluding carboxylic acids is 1. The number of thiazole rings is 1. The van der Waals surface area contributed by atoms with Crippen LogP contribution in [0.3, 0.4) is 0 Å². The molecule has 0 aliphatic rings. The zero-order chi connectivity index (χ0) is 19.4. The Hall–Kier alpha value is -1.67. The summed E-state index contributed by atoms with van der Waals surface area (Å²) >= 11 is 15.1. The van der Waals surface area contributed by atoms with Gasteiger partial charge in [-0.05, 0) is 37.6 Å². The molecular formula is C18H16Cl2N4OS2. The number of benzene rings is 1. The van der Waals surface area contributed by atoms with Gasteiger partial charge in [-0.3, -0.25) is 4.79 Å². The molecule has 3 aromatic rings. The van der Waals surface area contributed by atoms with E-state index >= 15 is 0 Å². The first-order valence-electron chi connectivity index (χ1n) is 8.03. The smallest absolute Gasteiger partial charge is 0.236 e. The number of anilines is 1. The van der Waals surface area contributed by atoms with Crippen molar-refractivity contribution in [2.75, 3.05) is 11.1 Å². The van der Waals surface area contributed by atoms with E-state index in [4.69, 9.17) is 23.2 Å². The number of aromatic nitrogens is 3. The van der Waals surface area contributed by atoms with Gasteiger partial charge >= 0.3 is 0 Å². The summed E-state index contributed by atoms with van der Waals surface area (Å²) in [4.78, 5) is 26.0.